The first-order valence-corrected chi connectivity index (χ1v) is 9.07. The van der Waals surface area contributed by atoms with Crippen LogP contribution in [0.15, 0.2) is 48.8 Å². The van der Waals surface area contributed by atoms with Crippen LogP contribution in [0.2, 0.25) is 0 Å². The molecule has 2 fully saturated rings. The first kappa shape index (κ1) is 15.5. The van der Waals surface area contributed by atoms with Gasteiger partial charge >= 0.3 is 0 Å². The number of benzene rings is 1. The normalized spacial score (nSPS) is 23.8. The van der Waals surface area contributed by atoms with E-state index in [1.54, 1.807) is 0 Å². The summed E-state index contributed by atoms with van der Waals surface area (Å²) in [5.41, 5.74) is 3.70. The van der Waals surface area contributed by atoms with E-state index in [1.165, 1.54) is 56.6 Å². The predicted octanol–water partition coefficient (Wildman–Crippen LogP) is 3.62. The third kappa shape index (κ3) is 3.24. The molecule has 0 radical (unpaired) electrons. The molecule has 2 unspecified atom stereocenters. The van der Waals surface area contributed by atoms with Gasteiger partial charge in [-0.1, -0.05) is 18.6 Å². The standard InChI is InChI=1S/C20H25N3O/c24-22-13-10-16(11-14-22)15-21-18-6-4-17(5-7-18)20-9-8-19-3-1-2-12-23(19)20/h4-7,10-11,13-14,19-21H,1-3,8-9,12,15H2. The highest BCUT2D eigenvalue weighted by atomic mass is 16.5. The van der Waals surface area contributed by atoms with Crippen molar-refractivity contribution < 1.29 is 4.73 Å². The molecule has 2 saturated heterocycles. The topological polar surface area (TPSA) is 42.2 Å². The maximum absolute atomic E-state index is 11.1. The molecule has 126 valence electrons. The summed E-state index contributed by atoms with van der Waals surface area (Å²) in [4.78, 5) is 2.73. The number of rotatable bonds is 4. The molecule has 0 amide bonds. The van der Waals surface area contributed by atoms with Crippen LogP contribution in [0.5, 0.6) is 0 Å². The first-order chi connectivity index (χ1) is 11.8. The molecule has 2 aliphatic rings. The first-order valence-electron chi connectivity index (χ1n) is 9.07. The van der Waals surface area contributed by atoms with E-state index in [0.717, 1.165) is 28.6 Å². The number of piperidine rings is 1. The van der Waals surface area contributed by atoms with Crippen molar-refractivity contribution in [1.82, 2.24) is 4.90 Å². The van der Waals surface area contributed by atoms with Crippen LogP contribution in [0.3, 0.4) is 0 Å². The van der Waals surface area contributed by atoms with E-state index in [9.17, 15) is 5.21 Å². The van der Waals surface area contributed by atoms with E-state index in [1.807, 2.05) is 12.1 Å². The Labute approximate surface area is 143 Å². The van der Waals surface area contributed by atoms with E-state index in [0.29, 0.717) is 6.04 Å². The van der Waals surface area contributed by atoms with Gasteiger partial charge in [-0.2, -0.15) is 4.73 Å². The minimum absolute atomic E-state index is 0.617. The monoisotopic (exact) mass is 323 g/mol. The fourth-order valence-electron chi connectivity index (χ4n) is 4.21. The largest absolute Gasteiger partial charge is 0.619 e. The summed E-state index contributed by atoms with van der Waals surface area (Å²) in [6.45, 7) is 2.00. The lowest BCUT2D eigenvalue weighted by Crippen LogP contribution is -2.35. The zero-order chi connectivity index (χ0) is 16.4. The van der Waals surface area contributed by atoms with Crippen molar-refractivity contribution in [3.63, 3.8) is 0 Å². The molecule has 1 aromatic carbocycles. The zero-order valence-corrected chi connectivity index (χ0v) is 14.0. The molecule has 0 aliphatic carbocycles. The Balaban J connectivity index is 1.38. The fraction of sp³-hybridized carbons (Fsp3) is 0.450. The summed E-state index contributed by atoms with van der Waals surface area (Å²) in [6, 6.07) is 14.1. The number of nitrogens with one attached hydrogen (secondary N) is 1. The Morgan fingerprint density at radius 2 is 1.79 bits per heavy atom. The molecule has 1 N–H and O–H groups in total. The van der Waals surface area contributed by atoms with Gasteiger partial charge in [-0.3, -0.25) is 4.90 Å². The van der Waals surface area contributed by atoms with Crippen molar-refractivity contribution in [2.75, 3.05) is 11.9 Å². The molecule has 24 heavy (non-hydrogen) atoms. The maximum Gasteiger partial charge on any atom is 0.180 e. The number of hydrogen-bond donors (Lipinski definition) is 1. The number of anilines is 1. The highest BCUT2D eigenvalue weighted by Gasteiger charge is 2.35. The smallest absolute Gasteiger partial charge is 0.180 e. The fourth-order valence-corrected chi connectivity index (χ4v) is 4.21. The van der Waals surface area contributed by atoms with E-state index in [-0.39, 0.29) is 0 Å². The second-order valence-electron chi connectivity index (χ2n) is 7.02. The van der Waals surface area contributed by atoms with Crippen molar-refractivity contribution in [3.8, 4) is 0 Å². The van der Waals surface area contributed by atoms with Gasteiger partial charge < -0.3 is 10.5 Å². The lowest BCUT2D eigenvalue weighted by Gasteiger charge is -2.34. The van der Waals surface area contributed by atoms with Gasteiger partial charge in [0.2, 0.25) is 0 Å². The van der Waals surface area contributed by atoms with E-state index < -0.39 is 0 Å². The summed E-state index contributed by atoms with van der Waals surface area (Å²) in [5, 5.41) is 14.5. The second kappa shape index (κ2) is 6.81. The van der Waals surface area contributed by atoms with Gasteiger partial charge in [0.05, 0.1) is 0 Å². The van der Waals surface area contributed by atoms with Crippen molar-refractivity contribution in [2.45, 2.75) is 50.7 Å². The number of nitrogens with zero attached hydrogens (tertiary/aromatic N) is 2. The third-order valence-electron chi connectivity index (χ3n) is 5.51. The third-order valence-corrected chi connectivity index (χ3v) is 5.51. The van der Waals surface area contributed by atoms with Crippen LogP contribution in [-0.4, -0.2) is 17.5 Å². The molecule has 2 atom stereocenters. The molecule has 4 nitrogen and oxygen atoms in total. The van der Waals surface area contributed by atoms with Crippen molar-refractivity contribution >= 4 is 5.69 Å². The molecule has 4 rings (SSSR count). The maximum atomic E-state index is 11.1. The summed E-state index contributed by atoms with van der Waals surface area (Å²) in [6.07, 6.45) is 9.88. The summed E-state index contributed by atoms with van der Waals surface area (Å²) in [5.74, 6) is 0. The molecule has 4 heteroatoms. The van der Waals surface area contributed by atoms with Gasteiger partial charge in [0.25, 0.3) is 0 Å². The Morgan fingerprint density at radius 3 is 2.58 bits per heavy atom. The van der Waals surface area contributed by atoms with E-state index in [4.69, 9.17) is 0 Å². The number of hydrogen-bond acceptors (Lipinski definition) is 3. The van der Waals surface area contributed by atoms with Gasteiger partial charge in [0.15, 0.2) is 12.4 Å². The minimum Gasteiger partial charge on any atom is -0.619 e. The Hall–Kier alpha value is -2.07. The van der Waals surface area contributed by atoms with Crippen LogP contribution in [0.1, 0.15) is 49.3 Å². The van der Waals surface area contributed by atoms with Gasteiger partial charge in [-0.15, -0.1) is 0 Å². The molecule has 1 aromatic heterocycles. The summed E-state index contributed by atoms with van der Waals surface area (Å²) < 4.78 is 0.813. The van der Waals surface area contributed by atoms with Crippen LogP contribution in [0.4, 0.5) is 5.69 Å². The minimum atomic E-state index is 0.617. The number of fused-ring (bicyclic) bond motifs is 1. The lowest BCUT2D eigenvalue weighted by molar-refractivity contribution is -0.605. The number of pyridine rings is 1. The molecule has 2 aromatic rings. The number of aromatic nitrogens is 1. The molecule has 0 spiro atoms. The summed E-state index contributed by atoms with van der Waals surface area (Å²) in [7, 11) is 0. The van der Waals surface area contributed by atoms with Gasteiger partial charge in [-0.05, 0) is 55.5 Å². The van der Waals surface area contributed by atoms with Crippen LogP contribution in [0.25, 0.3) is 0 Å². The molecule has 0 bridgehead atoms. The Bertz CT molecular complexity index is 668. The van der Waals surface area contributed by atoms with Gasteiger partial charge in [0, 0.05) is 36.4 Å². The molecule has 0 saturated carbocycles. The van der Waals surface area contributed by atoms with Crippen molar-refractivity contribution in [1.29, 1.82) is 0 Å². The molecular weight excluding hydrogens is 298 g/mol. The van der Waals surface area contributed by atoms with Gasteiger partial charge in [-0.25, -0.2) is 0 Å². The van der Waals surface area contributed by atoms with Crippen molar-refractivity contribution in [3.05, 3.63) is 65.1 Å². The Morgan fingerprint density at radius 1 is 1.00 bits per heavy atom. The average Bonchev–Trinajstić information content (AvgIpc) is 3.06. The Kier molecular flexibility index (Phi) is 4.39. The molecule has 2 aliphatic heterocycles. The molecule has 3 heterocycles. The lowest BCUT2D eigenvalue weighted by atomic mass is 10.0. The quantitative estimate of drug-likeness (QED) is 0.690. The molecular formula is C20H25N3O. The van der Waals surface area contributed by atoms with E-state index >= 15 is 0 Å². The van der Waals surface area contributed by atoms with Crippen molar-refractivity contribution in [2.24, 2.45) is 0 Å². The van der Waals surface area contributed by atoms with Gasteiger partial charge in [0.1, 0.15) is 0 Å². The average molecular weight is 323 g/mol. The highest BCUT2D eigenvalue weighted by Crippen LogP contribution is 2.40. The van der Waals surface area contributed by atoms with Crippen LogP contribution < -0.4 is 10.0 Å². The highest BCUT2D eigenvalue weighted by molar-refractivity contribution is 5.45. The predicted molar refractivity (Wildman–Crippen MR) is 95.5 cm³/mol. The van der Waals surface area contributed by atoms with Crippen LogP contribution in [-0.2, 0) is 6.54 Å². The zero-order valence-electron chi connectivity index (χ0n) is 14.0. The van der Waals surface area contributed by atoms with Crippen LogP contribution in [0, 0.1) is 5.21 Å². The second-order valence-corrected chi connectivity index (χ2v) is 7.02. The SMILES string of the molecule is [O-][n+]1ccc(CNc2ccc(C3CCC4CCCCN43)cc2)cc1. The van der Waals surface area contributed by atoms with E-state index in [2.05, 4.69) is 34.5 Å². The van der Waals surface area contributed by atoms with Crippen LogP contribution >= 0.6 is 0 Å². The summed E-state index contributed by atoms with van der Waals surface area (Å²) >= 11 is 0.